The van der Waals surface area contributed by atoms with Gasteiger partial charge in [0.2, 0.25) is 0 Å². The Labute approximate surface area is 126 Å². The molecule has 112 valence electrons. The van der Waals surface area contributed by atoms with Crippen LogP contribution in [0.2, 0.25) is 0 Å². The van der Waals surface area contributed by atoms with E-state index in [0.29, 0.717) is 12.2 Å². The van der Waals surface area contributed by atoms with Crippen LogP contribution in [0.4, 0.5) is 5.69 Å². The van der Waals surface area contributed by atoms with Crippen LogP contribution in [0, 0.1) is 5.92 Å². The summed E-state index contributed by atoms with van der Waals surface area (Å²) in [5, 5.41) is 10.2. The maximum Gasteiger partial charge on any atom is 0.308 e. The zero-order valence-electron chi connectivity index (χ0n) is 11.9. The number of imidazole rings is 1. The molecule has 0 aliphatic carbocycles. The van der Waals surface area contributed by atoms with Gasteiger partial charge < -0.3 is 15.0 Å². The lowest BCUT2D eigenvalue weighted by atomic mass is 9.97. The second-order valence-corrected chi connectivity index (χ2v) is 5.58. The van der Waals surface area contributed by atoms with E-state index in [9.17, 15) is 9.90 Å². The lowest BCUT2D eigenvalue weighted by Gasteiger charge is -2.33. The molecule has 3 aromatic rings. The molecule has 2 N–H and O–H groups in total. The molecule has 1 atom stereocenters. The Morgan fingerprint density at radius 2 is 2.27 bits per heavy atom. The molecule has 1 fully saturated rings. The van der Waals surface area contributed by atoms with Gasteiger partial charge in [0.15, 0.2) is 5.65 Å². The molecule has 4 heterocycles. The predicted molar refractivity (Wildman–Crippen MR) is 81.8 cm³/mol. The standard InChI is InChI=1S/C15H15N5O2/c21-15(22)9-2-1-5-20(7-9)11-3-4-16-10-6-17-14-13(12(10)11)18-8-19-14/h3-4,6,8-9,16H,1-2,5,7H2,(H,21,22). The van der Waals surface area contributed by atoms with Gasteiger partial charge in [-0.05, 0) is 18.9 Å². The molecule has 1 aliphatic rings. The number of fused-ring (bicyclic) bond motifs is 3. The quantitative estimate of drug-likeness (QED) is 0.749. The van der Waals surface area contributed by atoms with Crippen LogP contribution in [-0.2, 0) is 4.79 Å². The van der Waals surface area contributed by atoms with E-state index < -0.39 is 5.97 Å². The highest BCUT2D eigenvalue weighted by atomic mass is 16.4. The number of hydrogen-bond donors (Lipinski definition) is 2. The minimum Gasteiger partial charge on any atom is -0.481 e. The highest BCUT2D eigenvalue weighted by molar-refractivity contribution is 6.07. The molecule has 1 saturated heterocycles. The smallest absolute Gasteiger partial charge is 0.308 e. The number of aromatic amines is 1. The second-order valence-electron chi connectivity index (χ2n) is 5.58. The molecule has 0 spiro atoms. The molecule has 7 nitrogen and oxygen atoms in total. The van der Waals surface area contributed by atoms with Crippen molar-refractivity contribution in [3.05, 3.63) is 24.8 Å². The summed E-state index contributed by atoms with van der Waals surface area (Å²) in [6.07, 6.45) is 6.71. The summed E-state index contributed by atoms with van der Waals surface area (Å²) in [7, 11) is 0. The predicted octanol–water partition coefficient (Wildman–Crippen LogP) is 1.81. The fourth-order valence-corrected chi connectivity index (χ4v) is 3.17. The Hall–Kier alpha value is -2.70. The Morgan fingerprint density at radius 3 is 3.14 bits per heavy atom. The number of carbonyl (C=O) groups is 1. The van der Waals surface area contributed by atoms with Crippen LogP contribution in [-0.4, -0.2) is 44.1 Å². The van der Waals surface area contributed by atoms with E-state index in [4.69, 9.17) is 0 Å². The van der Waals surface area contributed by atoms with E-state index in [1.54, 1.807) is 6.20 Å². The first-order valence-electron chi connectivity index (χ1n) is 7.28. The van der Waals surface area contributed by atoms with Crippen molar-refractivity contribution in [2.75, 3.05) is 18.0 Å². The summed E-state index contributed by atoms with van der Waals surface area (Å²) >= 11 is 0. The van der Waals surface area contributed by atoms with Gasteiger partial charge >= 0.3 is 5.97 Å². The van der Waals surface area contributed by atoms with Crippen molar-refractivity contribution in [1.29, 1.82) is 0 Å². The van der Waals surface area contributed by atoms with Crippen LogP contribution < -0.4 is 4.90 Å². The molecule has 4 rings (SSSR count). The normalized spacial score (nSPS) is 18.9. The SMILES string of the molecule is O=C(O)C1CCCN(c2cc[nH]c3cnc4ncnc4c23)C1. The van der Waals surface area contributed by atoms with E-state index >= 15 is 0 Å². The number of hydrogen-bond acceptors (Lipinski definition) is 5. The van der Waals surface area contributed by atoms with Crippen molar-refractivity contribution in [2.24, 2.45) is 5.92 Å². The number of H-pyrrole nitrogens is 1. The van der Waals surface area contributed by atoms with E-state index in [0.717, 1.165) is 41.5 Å². The minimum absolute atomic E-state index is 0.323. The lowest BCUT2D eigenvalue weighted by molar-refractivity contribution is -0.141. The second kappa shape index (κ2) is 4.94. The molecule has 0 amide bonds. The van der Waals surface area contributed by atoms with Crippen LogP contribution in [0.15, 0.2) is 24.8 Å². The summed E-state index contributed by atoms with van der Waals surface area (Å²) in [4.78, 5) is 29.4. The van der Waals surface area contributed by atoms with Gasteiger partial charge in [-0.15, -0.1) is 0 Å². The van der Waals surface area contributed by atoms with Gasteiger partial charge in [-0.1, -0.05) is 0 Å². The first-order valence-corrected chi connectivity index (χ1v) is 7.28. The fraction of sp³-hybridized carbons (Fsp3) is 0.333. The summed E-state index contributed by atoms with van der Waals surface area (Å²) in [6, 6.07) is 1.97. The highest BCUT2D eigenvalue weighted by Crippen LogP contribution is 2.32. The lowest BCUT2D eigenvalue weighted by Crippen LogP contribution is -2.38. The zero-order valence-corrected chi connectivity index (χ0v) is 11.9. The summed E-state index contributed by atoms with van der Waals surface area (Å²) in [5.74, 6) is -1.05. The number of nitrogens with zero attached hydrogens (tertiary/aromatic N) is 4. The summed E-state index contributed by atoms with van der Waals surface area (Å²) < 4.78 is 0. The molecule has 0 radical (unpaired) electrons. The molecule has 0 bridgehead atoms. The Bertz CT molecular complexity index is 859. The Balaban J connectivity index is 1.87. The average molecular weight is 297 g/mol. The molecule has 3 aromatic heterocycles. The van der Waals surface area contributed by atoms with E-state index in [-0.39, 0.29) is 5.92 Å². The first kappa shape index (κ1) is 13.0. The van der Waals surface area contributed by atoms with Gasteiger partial charge in [0.05, 0.1) is 23.0 Å². The van der Waals surface area contributed by atoms with Gasteiger partial charge in [0.1, 0.15) is 11.8 Å². The average Bonchev–Trinajstić information content (AvgIpc) is 3.03. The first-order chi connectivity index (χ1) is 10.7. The molecule has 7 heteroatoms. The molecule has 1 aliphatic heterocycles. The molecule has 22 heavy (non-hydrogen) atoms. The third kappa shape index (κ3) is 1.97. The van der Waals surface area contributed by atoms with Crippen LogP contribution in [0.25, 0.3) is 22.1 Å². The van der Waals surface area contributed by atoms with Crippen molar-refractivity contribution in [3.8, 4) is 0 Å². The van der Waals surface area contributed by atoms with Crippen molar-refractivity contribution in [3.63, 3.8) is 0 Å². The number of pyridine rings is 2. The maximum absolute atomic E-state index is 11.3. The fourth-order valence-electron chi connectivity index (χ4n) is 3.17. The van der Waals surface area contributed by atoms with Gasteiger partial charge in [-0.25, -0.2) is 15.0 Å². The monoisotopic (exact) mass is 297 g/mol. The van der Waals surface area contributed by atoms with Gasteiger partial charge in [-0.2, -0.15) is 0 Å². The third-order valence-corrected chi connectivity index (χ3v) is 4.25. The number of nitrogens with one attached hydrogen (secondary N) is 1. The molecular formula is C15H15N5O2. The van der Waals surface area contributed by atoms with E-state index in [1.807, 2.05) is 12.3 Å². The topological polar surface area (TPSA) is 95.0 Å². The van der Waals surface area contributed by atoms with Crippen molar-refractivity contribution in [1.82, 2.24) is 19.9 Å². The Kier molecular flexibility index (Phi) is 2.92. The number of carboxylic acids is 1. The summed E-state index contributed by atoms with van der Waals surface area (Å²) in [5.41, 5.74) is 3.23. The number of piperidine rings is 1. The number of aromatic nitrogens is 4. The number of rotatable bonds is 2. The van der Waals surface area contributed by atoms with Crippen molar-refractivity contribution >= 4 is 33.7 Å². The molecule has 0 saturated carbocycles. The number of anilines is 1. The number of aliphatic carboxylic acids is 1. The minimum atomic E-state index is -0.726. The van der Waals surface area contributed by atoms with Crippen molar-refractivity contribution < 1.29 is 9.90 Å². The van der Waals surface area contributed by atoms with Gasteiger partial charge in [0.25, 0.3) is 0 Å². The van der Waals surface area contributed by atoms with E-state index in [2.05, 4.69) is 24.8 Å². The molecule has 1 unspecified atom stereocenters. The molecule has 0 aromatic carbocycles. The van der Waals surface area contributed by atoms with Crippen LogP contribution in [0.5, 0.6) is 0 Å². The maximum atomic E-state index is 11.3. The summed E-state index contributed by atoms with van der Waals surface area (Å²) in [6.45, 7) is 1.37. The number of carboxylic acid groups (broad SMARTS) is 1. The van der Waals surface area contributed by atoms with Crippen molar-refractivity contribution in [2.45, 2.75) is 12.8 Å². The van der Waals surface area contributed by atoms with E-state index in [1.165, 1.54) is 6.33 Å². The van der Waals surface area contributed by atoms with Gasteiger partial charge in [0, 0.05) is 25.0 Å². The van der Waals surface area contributed by atoms with Crippen LogP contribution >= 0.6 is 0 Å². The van der Waals surface area contributed by atoms with Crippen LogP contribution in [0.1, 0.15) is 12.8 Å². The highest BCUT2D eigenvalue weighted by Gasteiger charge is 2.27. The third-order valence-electron chi connectivity index (χ3n) is 4.25. The Morgan fingerprint density at radius 1 is 1.36 bits per heavy atom. The van der Waals surface area contributed by atoms with Gasteiger partial charge in [-0.3, -0.25) is 4.79 Å². The largest absolute Gasteiger partial charge is 0.481 e. The van der Waals surface area contributed by atoms with Crippen LogP contribution in [0.3, 0.4) is 0 Å². The zero-order chi connectivity index (χ0) is 15.1. The molecular weight excluding hydrogens is 282 g/mol.